The summed E-state index contributed by atoms with van der Waals surface area (Å²) in [6.07, 6.45) is 0. The first-order chi connectivity index (χ1) is 9.38. The third-order valence-corrected chi connectivity index (χ3v) is 3.15. The normalized spacial score (nSPS) is 10.9. The van der Waals surface area contributed by atoms with Gasteiger partial charge in [-0.25, -0.2) is 14.4 Å². The van der Waals surface area contributed by atoms with Gasteiger partial charge in [0.15, 0.2) is 0 Å². The van der Waals surface area contributed by atoms with E-state index < -0.39 is 0 Å². The molecule has 0 saturated carbocycles. The molecule has 0 aliphatic carbocycles. The summed E-state index contributed by atoms with van der Waals surface area (Å²) in [4.78, 5) is 8.71. The van der Waals surface area contributed by atoms with Gasteiger partial charge in [-0.1, -0.05) is 19.9 Å². The Bertz CT molecular complexity index is 638. The Morgan fingerprint density at radius 2 is 1.90 bits per heavy atom. The van der Waals surface area contributed by atoms with Gasteiger partial charge in [-0.2, -0.15) is 0 Å². The van der Waals surface area contributed by atoms with E-state index >= 15 is 0 Å². The molecule has 0 amide bonds. The number of aryl methyl sites for hydroxylation is 1. The number of aromatic nitrogens is 2. The van der Waals surface area contributed by atoms with Crippen LogP contribution >= 0.6 is 0 Å². The summed E-state index contributed by atoms with van der Waals surface area (Å²) >= 11 is 0. The highest BCUT2D eigenvalue weighted by Gasteiger charge is 2.11. The number of nitrogens with two attached hydrogens (primary N) is 1. The average molecular weight is 274 g/mol. The van der Waals surface area contributed by atoms with Crippen molar-refractivity contribution >= 4 is 17.3 Å². The average Bonchev–Trinajstić information content (AvgIpc) is 2.38. The topological polar surface area (TPSA) is 63.8 Å². The predicted octanol–water partition coefficient (Wildman–Crippen LogP) is 3.68. The second kappa shape index (κ2) is 5.45. The quantitative estimate of drug-likeness (QED) is 0.896. The molecule has 2 rings (SSSR count). The Kier molecular flexibility index (Phi) is 3.88. The Morgan fingerprint density at radius 3 is 2.50 bits per heavy atom. The monoisotopic (exact) mass is 274 g/mol. The van der Waals surface area contributed by atoms with E-state index in [0.29, 0.717) is 28.7 Å². The van der Waals surface area contributed by atoms with Crippen molar-refractivity contribution in [1.29, 1.82) is 0 Å². The zero-order valence-corrected chi connectivity index (χ0v) is 12.2. The van der Waals surface area contributed by atoms with Gasteiger partial charge < -0.3 is 11.1 Å². The maximum atomic E-state index is 13.6. The third kappa shape index (κ3) is 2.87. The minimum Gasteiger partial charge on any atom is -0.383 e. The van der Waals surface area contributed by atoms with Crippen LogP contribution in [-0.4, -0.2) is 9.97 Å². The number of anilines is 3. The molecule has 0 aliphatic rings. The number of hydrogen-bond acceptors (Lipinski definition) is 4. The van der Waals surface area contributed by atoms with Crippen LogP contribution in [0.1, 0.15) is 36.7 Å². The van der Waals surface area contributed by atoms with Crippen LogP contribution in [0.2, 0.25) is 0 Å². The lowest BCUT2D eigenvalue weighted by Gasteiger charge is -2.13. The van der Waals surface area contributed by atoms with E-state index in [1.165, 1.54) is 6.07 Å². The van der Waals surface area contributed by atoms with Gasteiger partial charge >= 0.3 is 0 Å². The van der Waals surface area contributed by atoms with Crippen molar-refractivity contribution in [2.45, 2.75) is 33.6 Å². The molecule has 2 aromatic rings. The lowest BCUT2D eigenvalue weighted by atomic mass is 10.2. The van der Waals surface area contributed by atoms with Gasteiger partial charge in [-0.3, -0.25) is 0 Å². The van der Waals surface area contributed by atoms with Crippen LogP contribution in [0.3, 0.4) is 0 Å². The van der Waals surface area contributed by atoms with E-state index in [1.54, 1.807) is 13.0 Å². The maximum absolute atomic E-state index is 13.6. The van der Waals surface area contributed by atoms with E-state index in [1.807, 2.05) is 26.8 Å². The molecular formula is C15H19FN4. The Hall–Kier alpha value is -2.17. The Balaban J connectivity index is 2.39. The molecule has 1 aromatic heterocycles. The fourth-order valence-electron chi connectivity index (χ4n) is 1.74. The molecule has 0 atom stereocenters. The predicted molar refractivity (Wildman–Crippen MR) is 79.7 cm³/mol. The molecule has 0 fully saturated rings. The molecule has 0 bridgehead atoms. The molecule has 20 heavy (non-hydrogen) atoms. The highest BCUT2D eigenvalue weighted by atomic mass is 19.1. The number of nitrogen functional groups attached to an aromatic ring is 1. The number of nitrogens with one attached hydrogen (secondary N) is 1. The zero-order chi connectivity index (χ0) is 14.9. The summed E-state index contributed by atoms with van der Waals surface area (Å²) in [7, 11) is 0. The van der Waals surface area contributed by atoms with Crippen molar-refractivity contribution in [1.82, 2.24) is 9.97 Å². The fourth-order valence-corrected chi connectivity index (χ4v) is 1.74. The molecule has 4 nitrogen and oxygen atoms in total. The fraction of sp³-hybridized carbons (Fsp3) is 0.333. The summed E-state index contributed by atoms with van der Waals surface area (Å²) in [5, 5.41) is 3.11. The summed E-state index contributed by atoms with van der Waals surface area (Å²) in [6.45, 7) is 7.56. The van der Waals surface area contributed by atoms with Crippen molar-refractivity contribution in [3.63, 3.8) is 0 Å². The van der Waals surface area contributed by atoms with Crippen molar-refractivity contribution in [2.75, 3.05) is 11.1 Å². The third-order valence-electron chi connectivity index (χ3n) is 3.15. The van der Waals surface area contributed by atoms with Crippen LogP contribution in [0.4, 0.5) is 21.7 Å². The lowest BCUT2D eigenvalue weighted by Crippen LogP contribution is -2.08. The van der Waals surface area contributed by atoms with Crippen molar-refractivity contribution in [3.05, 3.63) is 41.0 Å². The first-order valence-corrected chi connectivity index (χ1v) is 6.55. The highest BCUT2D eigenvalue weighted by Crippen LogP contribution is 2.25. The van der Waals surface area contributed by atoms with E-state index in [4.69, 9.17) is 5.73 Å². The standard InChI is InChI=1S/C15H19FN4/c1-8(2)14-19-13(17)10(4)15(20-14)18-11-6-5-9(3)12(16)7-11/h5-8H,1-4H3,(H3,17,18,19,20). The second-order valence-electron chi connectivity index (χ2n) is 5.18. The van der Waals surface area contributed by atoms with Crippen molar-refractivity contribution < 1.29 is 4.39 Å². The van der Waals surface area contributed by atoms with Gasteiger partial charge in [0.25, 0.3) is 0 Å². The first-order valence-electron chi connectivity index (χ1n) is 6.55. The number of nitrogens with zero attached hydrogens (tertiary/aromatic N) is 2. The van der Waals surface area contributed by atoms with Gasteiger partial charge in [0.1, 0.15) is 23.3 Å². The number of hydrogen-bond donors (Lipinski definition) is 2. The van der Waals surface area contributed by atoms with Crippen LogP contribution in [-0.2, 0) is 0 Å². The van der Waals surface area contributed by atoms with Crippen LogP contribution in [0.25, 0.3) is 0 Å². The lowest BCUT2D eigenvalue weighted by molar-refractivity contribution is 0.619. The largest absolute Gasteiger partial charge is 0.383 e. The van der Waals surface area contributed by atoms with Gasteiger partial charge in [-0.15, -0.1) is 0 Å². The van der Waals surface area contributed by atoms with Gasteiger partial charge in [0, 0.05) is 17.2 Å². The van der Waals surface area contributed by atoms with Crippen LogP contribution in [0.5, 0.6) is 0 Å². The van der Waals surface area contributed by atoms with Crippen LogP contribution in [0.15, 0.2) is 18.2 Å². The first kappa shape index (κ1) is 14.2. The molecule has 3 N–H and O–H groups in total. The van der Waals surface area contributed by atoms with E-state index in [9.17, 15) is 4.39 Å². The highest BCUT2D eigenvalue weighted by molar-refractivity contribution is 5.64. The number of halogens is 1. The van der Waals surface area contributed by atoms with Gasteiger partial charge in [0.2, 0.25) is 0 Å². The van der Waals surface area contributed by atoms with Crippen LogP contribution in [0, 0.1) is 19.7 Å². The molecule has 5 heteroatoms. The van der Waals surface area contributed by atoms with E-state index in [2.05, 4.69) is 15.3 Å². The van der Waals surface area contributed by atoms with E-state index in [-0.39, 0.29) is 11.7 Å². The molecule has 106 valence electrons. The summed E-state index contributed by atoms with van der Waals surface area (Å²) in [5.41, 5.74) is 7.91. The molecule has 0 saturated heterocycles. The van der Waals surface area contributed by atoms with Crippen molar-refractivity contribution in [3.8, 4) is 0 Å². The maximum Gasteiger partial charge on any atom is 0.139 e. The molecule has 0 spiro atoms. The second-order valence-corrected chi connectivity index (χ2v) is 5.18. The number of rotatable bonds is 3. The van der Waals surface area contributed by atoms with Crippen molar-refractivity contribution in [2.24, 2.45) is 0 Å². The van der Waals surface area contributed by atoms with E-state index in [0.717, 1.165) is 5.56 Å². The summed E-state index contributed by atoms with van der Waals surface area (Å²) in [6, 6.07) is 4.98. The van der Waals surface area contributed by atoms with Gasteiger partial charge in [-0.05, 0) is 31.5 Å². The molecule has 0 radical (unpaired) electrons. The number of benzene rings is 1. The van der Waals surface area contributed by atoms with Crippen LogP contribution < -0.4 is 11.1 Å². The van der Waals surface area contributed by atoms with Gasteiger partial charge in [0.05, 0.1) is 0 Å². The SMILES string of the molecule is Cc1ccc(Nc2nc(C(C)C)nc(N)c2C)cc1F. The summed E-state index contributed by atoms with van der Waals surface area (Å²) < 4.78 is 13.6. The molecule has 1 aromatic carbocycles. The zero-order valence-electron chi connectivity index (χ0n) is 12.2. The molecule has 0 unspecified atom stereocenters. The Labute approximate surface area is 118 Å². The smallest absolute Gasteiger partial charge is 0.139 e. The minimum absolute atomic E-state index is 0.174. The molecular weight excluding hydrogens is 255 g/mol. The summed E-state index contributed by atoms with van der Waals surface area (Å²) in [5.74, 6) is 1.65. The molecule has 1 heterocycles. The minimum atomic E-state index is -0.251. The Morgan fingerprint density at radius 1 is 1.20 bits per heavy atom. The molecule has 0 aliphatic heterocycles.